The predicted molar refractivity (Wildman–Crippen MR) is 130 cm³/mol. The SMILES string of the molecule is CCCC(O)CN(Cc1nc2scc(-c3cccc(OC)c3)c2c(=O)[nH]1)C1CCCCC1. The summed E-state index contributed by atoms with van der Waals surface area (Å²) in [6.07, 6.45) is 7.42. The summed E-state index contributed by atoms with van der Waals surface area (Å²) >= 11 is 1.50. The highest BCUT2D eigenvalue weighted by Gasteiger charge is 2.24. The number of nitrogens with zero attached hydrogens (tertiary/aromatic N) is 2. The molecule has 1 aliphatic rings. The molecule has 0 spiro atoms. The second-order valence-corrected chi connectivity index (χ2v) is 9.60. The minimum absolute atomic E-state index is 0.109. The lowest BCUT2D eigenvalue weighted by Crippen LogP contribution is -2.41. The van der Waals surface area contributed by atoms with Crippen molar-refractivity contribution in [2.45, 2.75) is 70.6 Å². The molecule has 3 aromatic rings. The van der Waals surface area contributed by atoms with Gasteiger partial charge in [-0.3, -0.25) is 9.69 Å². The molecule has 1 aromatic carbocycles. The summed E-state index contributed by atoms with van der Waals surface area (Å²) in [6, 6.07) is 8.18. The number of aliphatic hydroxyl groups excluding tert-OH is 1. The van der Waals surface area contributed by atoms with Gasteiger partial charge in [-0.2, -0.15) is 0 Å². The topological polar surface area (TPSA) is 78.5 Å². The Kier molecular flexibility index (Phi) is 7.60. The zero-order chi connectivity index (χ0) is 22.5. The lowest BCUT2D eigenvalue weighted by molar-refractivity contribution is 0.0613. The number of aliphatic hydroxyl groups is 1. The van der Waals surface area contributed by atoms with Crippen LogP contribution in [-0.4, -0.2) is 45.8 Å². The van der Waals surface area contributed by atoms with Gasteiger partial charge in [-0.25, -0.2) is 4.98 Å². The molecule has 172 valence electrons. The minimum Gasteiger partial charge on any atom is -0.497 e. The van der Waals surface area contributed by atoms with E-state index in [0.717, 1.165) is 47.4 Å². The van der Waals surface area contributed by atoms with E-state index in [1.54, 1.807) is 7.11 Å². The number of aromatic nitrogens is 2. The van der Waals surface area contributed by atoms with Gasteiger partial charge in [0.15, 0.2) is 0 Å². The Morgan fingerprint density at radius 1 is 1.31 bits per heavy atom. The first-order chi connectivity index (χ1) is 15.6. The van der Waals surface area contributed by atoms with Crippen molar-refractivity contribution in [2.24, 2.45) is 0 Å². The quantitative estimate of drug-likeness (QED) is 0.477. The van der Waals surface area contributed by atoms with Gasteiger partial charge in [0.05, 0.1) is 25.1 Å². The van der Waals surface area contributed by atoms with E-state index in [0.29, 0.717) is 30.3 Å². The highest BCUT2D eigenvalue weighted by molar-refractivity contribution is 7.17. The fourth-order valence-electron chi connectivity index (χ4n) is 4.75. The number of fused-ring (bicyclic) bond motifs is 1. The maximum Gasteiger partial charge on any atom is 0.260 e. The maximum atomic E-state index is 13.1. The lowest BCUT2D eigenvalue weighted by atomic mass is 9.93. The Morgan fingerprint density at radius 2 is 2.12 bits per heavy atom. The highest BCUT2D eigenvalue weighted by Crippen LogP contribution is 2.32. The summed E-state index contributed by atoms with van der Waals surface area (Å²) in [7, 11) is 1.64. The zero-order valence-electron chi connectivity index (χ0n) is 19.0. The van der Waals surface area contributed by atoms with Crippen LogP contribution in [0.3, 0.4) is 0 Å². The Hall–Kier alpha value is -2.22. The van der Waals surface area contributed by atoms with Crippen molar-refractivity contribution in [3.05, 3.63) is 45.8 Å². The van der Waals surface area contributed by atoms with Crippen LogP contribution in [0.5, 0.6) is 5.75 Å². The van der Waals surface area contributed by atoms with Crippen molar-refractivity contribution < 1.29 is 9.84 Å². The molecule has 0 saturated heterocycles. The van der Waals surface area contributed by atoms with E-state index in [-0.39, 0.29) is 11.7 Å². The number of thiophene rings is 1. The molecule has 2 N–H and O–H groups in total. The molecule has 2 aromatic heterocycles. The Bertz CT molecular complexity index is 1090. The largest absolute Gasteiger partial charge is 0.497 e. The van der Waals surface area contributed by atoms with Crippen LogP contribution in [-0.2, 0) is 6.54 Å². The molecular formula is C25H33N3O3S. The van der Waals surface area contributed by atoms with Crippen molar-refractivity contribution in [2.75, 3.05) is 13.7 Å². The van der Waals surface area contributed by atoms with Gasteiger partial charge in [-0.1, -0.05) is 44.7 Å². The second-order valence-electron chi connectivity index (χ2n) is 8.74. The molecule has 1 unspecified atom stereocenters. The molecule has 6 nitrogen and oxygen atoms in total. The molecule has 0 bridgehead atoms. The van der Waals surface area contributed by atoms with Crippen LogP contribution in [0.1, 0.15) is 57.7 Å². The Morgan fingerprint density at radius 3 is 2.88 bits per heavy atom. The van der Waals surface area contributed by atoms with Crippen LogP contribution < -0.4 is 10.3 Å². The highest BCUT2D eigenvalue weighted by atomic mass is 32.1. The van der Waals surface area contributed by atoms with Crippen LogP contribution in [0, 0.1) is 0 Å². The lowest BCUT2D eigenvalue weighted by Gasteiger charge is -2.35. The van der Waals surface area contributed by atoms with Gasteiger partial charge in [-0.05, 0) is 37.0 Å². The Balaban J connectivity index is 1.62. The molecular weight excluding hydrogens is 422 g/mol. The predicted octanol–water partition coefficient (Wildman–Crippen LogP) is 4.96. The molecule has 0 aliphatic heterocycles. The van der Waals surface area contributed by atoms with Crippen LogP contribution in [0.25, 0.3) is 21.3 Å². The summed E-state index contributed by atoms with van der Waals surface area (Å²) in [5, 5.41) is 13.1. The van der Waals surface area contributed by atoms with E-state index in [4.69, 9.17) is 9.72 Å². The van der Waals surface area contributed by atoms with Crippen LogP contribution in [0.4, 0.5) is 0 Å². The summed E-state index contributed by atoms with van der Waals surface area (Å²) in [4.78, 5) is 24.0. The van der Waals surface area contributed by atoms with E-state index in [2.05, 4.69) is 16.8 Å². The van der Waals surface area contributed by atoms with Gasteiger partial charge in [-0.15, -0.1) is 11.3 Å². The van der Waals surface area contributed by atoms with Crippen molar-refractivity contribution in [1.82, 2.24) is 14.9 Å². The van der Waals surface area contributed by atoms with Crippen molar-refractivity contribution >= 4 is 21.6 Å². The van der Waals surface area contributed by atoms with E-state index in [1.807, 2.05) is 29.6 Å². The van der Waals surface area contributed by atoms with Gasteiger partial charge in [0.1, 0.15) is 16.4 Å². The fraction of sp³-hybridized carbons (Fsp3) is 0.520. The average Bonchev–Trinajstić information content (AvgIpc) is 3.24. The van der Waals surface area contributed by atoms with E-state index in [9.17, 15) is 9.90 Å². The molecule has 0 radical (unpaired) electrons. The van der Waals surface area contributed by atoms with Crippen molar-refractivity contribution in [3.8, 4) is 16.9 Å². The zero-order valence-corrected chi connectivity index (χ0v) is 19.8. The Labute approximate surface area is 193 Å². The second kappa shape index (κ2) is 10.6. The third kappa shape index (κ3) is 5.22. The van der Waals surface area contributed by atoms with Gasteiger partial charge in [0.25, 0.3) is 5.56 Å². The van der Waals surface area contributed by atoms with E-state index >= 15 is 0 Å². The molecule has 1 aliphatic carbocycles. The average molecular weight is 456 g/mol. The third-order valence-corrected chi connectivity index (χ3v) is 7.26. The molecule has 7 heteroatoms. The number of rotatable bonds is 9. The standard InChI is InChI=1S/C25H33N3O3S/c1-3-8-19(29)14-28(18-10-5-4-6-11-18)15-22-26-24(30)23-21(16-32-25(23)27-22)17-9-7-12-20(13-17)31-2/h7,9,12-13,16,18-19,29H,3-6,8,10-11,14-15H2,1-2H3,(H,26,27,30). The minimum atomic E-state index is -0.348. The first-order valence-electron chi connectivity index (χ1n) is 11.7. The van der Waals surface area contributed by atoms with Gasteiger partial charge >= 0.3 is 0 Å². The number of hydrogen-bond acceptors (Lipinski definition) is 6. The molecule has 32 heavy (non-hydrogen) atoms. The molecule has 4 rings (SSSR count). The molecule has 2 heterocycles. The van der Waals surface area contributed by atoms with Gasteiger partial charge < -0.3 is 14.8 Å². The summed E-state index contributed by atoms with van der Waals surface area (Å²) in [6.45, 7) is 3.28. The van der Waals surface area contributed by atoms with Gasteiger partial charge in [0, 0.05) is 23.5 Å². The summed E-state index contributed by atoms with van der Waals surface area (Å²) in [5.41, 5.74) is 1.72. The van der Waals surface area contributed by atoms with Crippen molar-refractivity contribution in [3.63, 3.8) is 0 Å². The van der Waals surface area contributed by atoms with E-state index in [1.165, 1.54) is 30.6 Å². The summed E-state index contributed by atoms with van der Waals surface area (Å²) < 4.78 is 5.34. The maximum absolute atomic E-state index is 13.1. The number of methoxy groups -OCH3 is 1. The summed E-state index contributed by atoms with van der Waals surface area (Å²) in [5.74, 6) is 1.44. The normalized spacial score (nSPS) is 16.0. The first-order valence-corrected chi connectivity index (χ1v) is 12.5. The van der Waals surface area contributed by atoms with E-state index < -0.39 is 0 Å². The number of aromatic amines is 1. The van der Waals surface area contributed by atoms with Gasteiger partial charge in [0.2, 0.25) is 0 Å². The number of ether oxygens (including phenoxy) is 1. The smallest absolute Gasteiger partial charge is 0.260 e. The number of benzene rings is 1. The third-order valence-electron chi connectivity index (χ3n) is 6.38. The molecule has 1 saturated carbocycles. The van der Waals surface area contributed by atoms with Crippen LogP contribution >= 0.6 is 11.3 Å². The molecule has 1 fully saturated rings. The molecule has 1 atom stereocenters. The number of H-pyrrole nitrogens is 1. The monoisotopic (exact) mass is 455 g/mol. The molecule has 0 amide bonds. The number of nitrogens with one attached hydrogen (secondary N) is 1. The van der Waals surface area contributed by atoms with Crippen LogP contribution in [0.2, 0.25) is 0 Å². The fourth-order valence-corrected chi connectivity index (χ4v) is 5.71. The van der Waals surface area contributed by atoms with Crippen LogP contribution in [0.15, 0.2) is 34.4 Å². The first kappa shape index (κ1) is 23.0. The number of hydrogen-bond donors (Lipinski definition) is 2. The van der Waals surface area contributed by atoms with Crippen molar-refractivity contribution in [1.29, 1.82) is 0 Å².